The zero-order valence-corrected chi connectivity index (χ0v) is 31.4. The van der Waals surface area contributed by atoms with Crippen molar-refractivity contribution >= 4 is 60.8 Å². The van der Waals surface area contributed by atoms with Crippen LogP contribution in [0.25, 0.3) is 82.8 Å². The van der Waals surface area contributed by atoms with Gasteiger partial charge >= 0.3 is 0 Å². The van der Waals surface area contributed by atoms with Gasteiger partial charge in [-0.05, 0) is 118 Å². The number of anilines is 3. The van der Waals surface area contributed by atoms with Crippen molar-refractivity contribution in [3.63, 3.8) is 0 Å². The van der Waals surface area contributed by atoms with E-state index < -0.39 is 0 Å². The molecule has 11 rings (SSSR count). The lowest BCUT2D eigenvalue weighted by Crippen LogP contribution is -2.10. The highest BCUT2D eigenvalue weighted by Gasteiger charge is 2.20. The van der Waals surface area contributed by atoms with E-state index in [1.807, 2.05) is 30.3 Å². The Morgan fingerprint density at radius 1 is 0.379 bits per heavy atom. The van der Waals surface area contributed by atoms with Gasteiger partial charge in [0, 0.05) is 33.2 Å². The molecule has 3 nitrogen and oxygen atoms in total. The molecule has 0 unspecified atom stereocenters. The summed E-state index contributed by atoms with van der Waals surface area (Å²) in [6.45, 7) is 0. The van der Waals surface area contributed by atoms with Crippen molar-refractivity contribution < 1.29 is 8.81 Å². The number of benzene rings is 9. The van der Waals surface area contributed by atoms with E-state index in [0.717, 1.165) is 94.3 Å². The van der Waals surface area contributed by atoms with Crippen molar-refractivity contribution in [1.82, 2.24) is 4.57 Å². The number of hydrogen-bond acceptors (Lipinski definition) is 2. The fourth-order valence-corrected chi connectivity index (χ4v) is 8.51. The highest BCUT2D eigenvalue weighted by Crippen LogP contribution is 2.44. The number of fused-ring (bicyclic) bond motifs is 6. The fourth-order valence-electron chi connectivity index (χ4n) is 8.51. The maximum absolute atomic E-state index is 14.7. The Labute approximate surface area is 335 Å². The molecule has 11 aromatic rings. The van der Waals surface area contributed by atoms with Gasteiger partial charge in [0.1, 0.15) is 17.0 Å². The van der Waals surface area contributed by atoms with Gasteiger partial charge in [0.25, 0.3) is 0 Å². The van der Waals surface area contributed by atoms with Crippen LogP contribution in [0.3, 0.4) is 0 Å². The van der Waals surface area contributed by atoms with Gasteiger partial charge in [-0.1, -0.05) is 127 Å². The topological polar surface area (TPSA) is 21.3 Å². The number of rotatable bonds is 7. The number of para-hydroxylation sites is 1. The molecule has 0 saturated heterocycles. The van der Waals surface area contributed by atoms with Gasteiger partial charge in [-0.3, -0.25) is 0 Å². The molecule has 0 aliphatic rings. The van der Waals surface area contributed by atoms with Crippen molar-refractivity contribution in [2.75, 3.05) is 4.90 Å². The van der Waals surface area contributed by atoms with Gasteiger partial charge in [-0.2, -0.15) is 0 Å². The Bertz CT molecular complexity index is 3270. The maximum Gasteiger partial charge on any atom is 0.137 e. The first-order chi connectivity index (χ1) is 28.7. The summed E-state index contributed by atoms with van der Waals surface area (Å²) in [6.07, 6.45) is 0. The van der Waals surface area contributed by atoms with Crippen molar-refractivity contribution in [3.05, 3.63) is 218 Å². The SMILES string of the molecule is Fc1ccc2c3ccccc3n(-c3cccc(-c4ccc(N(c5ccc(-c6ccccc6)cc5)c5cccc6oc7cc(-c8ccccc8)ccc7c56)cc4)c3)c2c1. The molecule has 0 radical (unpaired) electrons. The van der Waals surface area contributed by atoms with Crippen molar-refractivity contribution in [2.24, 2.45) is 0 Å². The number of aromatic nitrogens is 1. The van der Waals surface area contributed by atoms with Crippen LogP contribution < -0.4 is 4.90 Å². The summed E-state index contributed by atoms with van der Waals surface area (Å²) in [5, 5.41) is 4.25. The second-order valence-electron chi connectivity index (χ2n) is 14.7. The quantitative estimate of drug-likeness (QED) is 0.162. The molecule has 0 aliphatic carbocycles. The summed E-state index contributed by atoms with van der Waals surface area (Å²) >= 11 is 0. The molecule has 0 bridgehead atoms. The van der Waals surface area contributed by atoms with Crippen LogP contribution in [0.2, 0.25) is 0 Å². The van der Waals surface area contributed by atoms with E-state index in [-0.39, 0.29) is 5.82 Å². The molecule has 9 aromatic carbocycles. The standard InChI is InChI=1S/C54H35FN2O/c55-42-26-32-47-46-17-7-8-18-49(46)57(51(47)35-42)45-16-9-15-40(33-45)39-23-29-44(30-24-39)56(43-27-21-38(22-28-43)36-11-3-1-4-12-36)50-19-10-20-52-54(50)48-31-25-41(34-53(48)58-52)37-13-5-2-6-14-37/h1-35H. The first kappa shape index (κ1) is 33.6. The third-order valence-electron chi connectivity index (χ3n) is 11.3. The van der Waals surface area contributed by atoms with Gasteiger partial charge in [0.15, 0.2) is 0 Å². The number of furan rings is 1. The van der Waals surface area contributed by atoms with Crippen molar-refractivity contribution in [1.29, 1.82) is 0 Å². The van der Waals surface area contributed by atoms with E-state index in [4.69, 9.17) is 4.42 Å². The summed E-state index contributed by atoms with van der Waals surface area (Å²) in [5.74, 6) is -0.251. The van der Waals surface area contributed by atoms with Gasteiger partial charge in [0.05, 0.1) is 22.1 Å². The van der Waals surface area contributed by atoms with Crippen LogP contribution in [0.15, 0.2) is 217 Å². The summed E-state index contributed by atoms with van der Waals surface area (Å²) in [5.41, 5.74) is 14.4. The van der Waals surface area contributed by atoms with Gasteiger partial charge in [0.2, 0.25) is 0 Å². The number of nitrogens with zero attached hydrogens (tertiary/aromatic N) is 2. The third kappa shape index (κ3) is 5.74. The molecule has 2 aromatic heterocycles. The van der Waals surface area contributed by atoms with Crippen LogP contribution in [-0.4, -0.2) is 4.57 Å². The van der Waals surface area contributed by atoms with Crippen LogP contribution in [0.1, 0.15) is 0 Å². The second-order valence-corrected chi connectivity index (χ2v) is 14.7. The predicted molar refractivity (Wildman–Crippen MR) is 239 cm³/mol. The molecule has 4 heteroatoms. The highest BCUT2D eigenvalue weighted by molar-refractivity contribution is 6.14. The van der Waals surface area contributed by atoms with Crippen molar-refractivity contribution in [3.8, 4) is 39.1 Å². The first-order valence-corrected chi connectivity index (χ1v) is 19.5. The van der Waals surface area contributed by atoms with Crippen LogP contribution in [0.5, 0.6) is 0 Å². The average Bonchev–Trinajstić information content (AvgIpc) is 3.83. The van der Waals surface area contributed by atoms with Crippen LogP contribution >= 0.6 is 0 Å². The predicted octanol–water partition coefficient (Wildman–Crippen LogP) is 15.3. The molecule has 2 heterocycles. The first-order valence-electron chi connectivity index (χ1n) is 19.5. The largest absolute Gasteiger partial charge is 0.456 e. The van der Waals surface area contributed by atoms with Crippen LogP contribution in [0, 0.1) is 5.82 Å². The van der Waals surface area contributed by atoms with Crippen LogP contribution in [0.4, 0.5) is 21.5 Å². The highest BCUT2D eigenvalue weighted by atomic mass is 19.1. The van der Waals surface area contributed by atoms with E-state index in [2.05, 4.69) is 179 Å². The molecule has 274 valence electrons. The van der Waals surface area contributed by atoms with E-state index in [1.54, 1.807) is 6.07 Å². The van der Waals surface area contributed by atoms with Crippen molar-refractivity contribution in [2.45, 2.75) is 0 Å². The molecular formula is C54H35FN2O. The third-order valence-corrected chi connectivity index (χ3v) is 11.3. The minimum atomic E-state index is -0.251. The Morgan fingerprint density at radius 3 is 1.67 bits per heavy atom. The minimum Gasteiger partial charge on any atom is -0.456 e. The Hall–Kier alpha value is -7.69. The molecule has 0 aliphatic heterocycles. The fraction of sp³-hybridized carbons (Fsp3) is 0. The Balaban J connectivity index is 1.03. The Kier molecular flexibility index (Phi) is 8.00. The lowest BCUT2D eigenvalue weighted by Gasteiger charge is -2.26. The molecule has 0 N–H and O–H groups in total. The zero-order chi connectivity index (χ0) is 38.6. The molecule has 0 saturated carbocycles. The lowest BCUT2D eigenvalue weighted by molar-refractivity contribution is 0.629. The summed E-state index contributed by atoms with van der Waals surface area (Å²) in [7, 11) is 0. The second kappa shape index (κ2) is 13.8. The normalized spacial score (nSPS) is 11.5. The Morgan fingerprint density at radius 2 is 0.931 bits per heavy atom. The number of halogens is 1. The number of hydrogen-bond donors (Lipinski definition) is 0. The molecular weight excluding hydrogens is 712 g/mol. The average molecular weight is 747 g/mol. The van der Waals surface area contributed by atoms with E-state index in [9.17, 15) is 4.39 Å². The van der Waals surface area contributed by atoms with Gasteiger partial charge in [-0.25, -0.2) is 4.39 Å². The summed E-state index contributed by atoms with van der Waals surface area (Å²) < 4.78 is 23.4. The van der Waals surface area contributed by atoms with E-state index >= 15 is 0 Å². The summed E-state index contributed by atoms with van der Waals surface area (Å²) in [6, 6.07) is 73.0. The smallest absolute Gasteiger partial charge is 0.137 e. The molecule has 0 fully saturated rings. The monoisotopic (exact) mass is 746 g/mol. The summed E-state index contributed by atoms with van der Waals surface area (Å²) in [4.78, 5) is 2.32. The van der Waals surface area contributed by atoms with Gasteiger partial charge in [-0.15, -0.1) is 0 Å². The van der Waals surface area contributed by atoms with E-state index in [1.165, 1.54) is 11.6 Å². The van der Waals surface area contributed by atoms with E-state index in [0.29, 0.717) is 0 Å². The zero-order valence-electron chi connectivity index (χ0n) is 31.4. The van der Waals surface area contributed by atoms with Gasteiger partial charge < -0.3 is 13.9 Å². The molecule has 58 heavy (non-hydrogen) atoms. The molecule has 0 atom stereocenters. The molecule has 0 amide bonds. The molecule has 0 spiro atoms. The minimum absolute atomic E-state index is 0.251. The maximum atomic E-state index is 14.7. The van der Waals surface area contributed by atoms with Crippen LogP contribution in [-0.2, 0) is 0 Å². The lowest BCUT2D eigenvalue weighted by atomic mass is 10.0.